The molecule has 0 radical (unpaired) electrons. The lowest BCUT2D eigenvalue weighted by Crippen LogP contribution is -2.27. The van der Waals surface area contributed by atoms with Crippen molar-refractivity contribution in [3.8, 4) is 11.5 Å². The van der Waals surface area contributed by atoms with Gasteiger partial charge >= 0.3 is 0 Å². The molecule has 0 aliphatic carbocycles. The summed E-state index contributed by atoms with van der Waals surface area (Å²) in [5, 5.41) is 7.41. The minimum Gasteiger partial charge on any atom is -0.457 e. The zero-order valence-electron chi connectivity index (χ0n) is 17.0. The molecule has 1 N–H and O–H groups in total. The second kappa shape index (κ2) is 8.12. The first-order chi connectivity index (χ1) is 14.5. The Morgan fingerprint density at radius 1 is 1.27 bits per heavy atom. The van der Waals surface area contributed by atoms with E-state index in [0.29, 0.717) is 23.0 Å². The zero-order chi connectivity index (χ0) is 21.1. The van der Waals surface area contributed by atoms with Crippen LogP contribution in [0.4, 0.5) is 5.69 Å². The van der Waals surface area contributed by atoms with Gasteiger partial charge in [-0.2, -0.15) is 5.10 Å². The van der Waals surface area contributed by atoms with E-state index in [0.717, 1.165) is 28.3 Å². The van der Waals surface area contributed by atoms with Gasteiger partial charge in [0.2, 0.25) is 0 Å². The quantitative estimate of drug-likeness (QED) is 0.696. The first-order valence-corrected chi connectivity index (χ1v) is 9.40. The number of aliphatic imine (C=N–C) groups is 3. The van der Waals surface area contributed by atoms with Crippen molar-refractivity contribution in [3.63, 3.8) is 0 Å². The number of nitrogens with zero attached hydrogens (tertiary/aromatic N) is 6. The fourth-order valence-electron chi connectivity index (χ4n) is 2.96. The van der Waals surface area contributed by atoms with Crippen LogP contribution in [0.2, 0.25) is 0 Å². The number of amidine groups is 1. The summed E-state index contributed by atoms with van der Waals surface area (Å²) in [6.45, 7) is 9.60. The highest BCUT2D eigenvalue weighted by molar-refractivity contribution is 6.52. The van der Waals surface area contributed by atoms with Crippen molar-refractivity contribution in [2.24, 2.45) is 15.0 Å². The Labute approximate surface area is 174 Å². The SMILES string of the molecule is C=C(C)N=C1C(Nc2ccc(Oc3ccn4ncnc4c3)c(C)c2)=NC=N/C1=C/C. The summed E-state index contributed by atoms with van der Waals surface area (Å²) in [5.41, 5.74) is 4.65. The maximum absolute atomic E-state index is 6.04. The Balaban J connectivity index is 1.56. The van der Waals surface area contributed by atoms with Gasteiger partial charge in [-0.1, -0.05) is 12.7 Å². The van der Waals surface area contributed by atoms with Crippen molar-refractivity contribution in [3.05, 3.63) is 72.5 Å². The lowest BCUT2D eigenvalue weighted by atomic mass is 10.1. The molecule has 0 unspecified atom stereocenters. The molecule has 2 aromatic heterocycles. The maximum atomic E-state index is 6.04. The highest BCUT2D eigenvalue weighted by Crippen LogP contribution is 2.28. The summed E-state index contributed by atoms with van der Waals surface area (Å²) in [7, 11) is 0. The molecular formula is C22H21N7O. The normalized spacial score (nSPS) is 16.2. The van der Waals surface area contributed by atoms with Crippen LogP contribution in [0, 0.1) is 6.92 Å². The zero-order valence-corrected chi connectivity index (χ0v) is 17.0. The lowest BCUT2D eigenvalue weighted by molar-refractivity contribution is 0.478. The first-order valence-electron chi connectivity index (χ1n) is 9.40. The average Bonchev–Trinajstić information content (AvgIpc) is 3.19. The molecule has 0 atom stereocenters. The molecule has 0 saturated carbocycles. The molecule has 8 heteroatoms. The number of ether oxygens (including phenoxy) is 1. The van der Waals surface area contributed by atoms with Crippen molar-refractivity contribution < 1.29 is 4.74 Å². The molecule has 150 valence electrons. The van der Waals surface area contributed by atoms with E-state index in [4.69, 9.17) is 4.74 Å². The summed E-state index contributed by atoms with van der Waals surface area (Å²) >= 11 is 0. The molecule has 0 saturated heterocycles. The molecular weight excluding hydrogens is 378 g/mol. The fraction of sp³-hybridized carbons (Fsp3) is 0.136. The van der Waals surface area contributed by atoms with Crippen LogP contribution in [0.1, 0.15) is 19.4 Å². The van der Waals surface area contributed by atoms with Gasteiger partial charge in [-0.25, -0.2) is 24.5 Å². The number of aromatic nitrogens is 3. The number of hydrogen-bond donors (Lipinski definition) is 1. The second-order valence-corrected chi connectivity index (χ2v) is 6.72. The molecule has 0 bridgehead atoms. The van der Waals surface area contributed by atoms with Crippen LogP contribution in [0.5, 0.6) is 11.5 Å². The standard InChI is InChI=1S/C22H21N7O/c1-5-18-21(27-14(2)3)22(25-12-23-18)28-16-6-7-19(15(4)10-16)30-17-8-9-29-20(11-17)24-13-26-29/h5-13H,2H2,1,3-4H3,(H,23,25,28)/b18-5+,27-21?. The van der Waals surface area contributed by atoms with Crippen molar-refractivity contribution in [1.29, 1.82) is 0 Å². The van der Waals surface area contributed by atoms with Gasteiger partial charge in [0.05, 0.1) is 5.70 Å². The van der Waals surface area contributed by atoms with Crippen LogP contribution in [-0.2, 0) is 0 Å². The van der Waals surface area contributed by atoms with Gasteiger partial charge in [0.1, 0.15) is 29.9 Å². The molecule has 0 fully saturated rings. The number of benzene rings is 1. The fourth-order valence-corrected chi connectivity index (χ4v) is 2.96. The Morgan fingerprint density at radius 3 is 2.90 bits per heavy atom. The molecule has 0 spiro atoms. The summed E-state index contributed by atoms with van der Waals surface area (Å²) in [6, 6.07) is 9.53. The smallest absolute Gasteiger partial charge is 0.160 e. The van der Waals surface area contributed by atoms with Crippen molar-refractivity contribution in [1.82, 2.24) is 14.6 Å². The molecule has 3 heterocycles. The summed E-state index contributed by atoms with van der Waals surface area (Å²) in [4.78, 5) is 17.3. The van der Waals surface area contributed by atoms with Gasteiger partial charge in [0.25, 0.3) is 0 Å². The molecule has 4 rings (SSSR count). The minimum absolute atomic E-state index is 0.617. The van der Waals surface area contributed by atoms with Gasteiger partial charge in [-0.3, -0.25) is 0 Å². The van der Waals surface area contributed by atoms with Crippen LogP contribution in [0.25, 0.3) is 5.65 Å². The number of fused-ring (bicyclic) bond motifs is 1. The molecule has 1 aliphatic rings. The van der Waals surface area contributed by atoms with E-state index in [1.54, 1.807) is 4.52 Å². The van der Waals surface area contributed by atoms with Crippen molar-refractivity contribution >= 4 is 29.2 Å². The third kappa shape index (κ3) is 4.02. The number of rotatable bonds is 4. The predicted octanol–water partition coefficient (Wildman–Crippen LogP) is 4.56. The van der Waals surface area contributed by atoms with Crippen molar-refractivity contribution in [2.45, 2.75) is 20.8 Å². The van der Waals surface area contributed by atoms with E-state index >= 15 is 0 Å². The van der Waals surface area contributed by atoms with E-state index in [-0.39, 0.29) is 0 Å². The number of aryl methyl sites for hydroxylation is 1. The predicted molar refractivity (Wildman–Crippen MR) is 120 cm³/mol. The molecule has 1 aliphatic heterocycles. The first kappa shape index (κ1) is 19.3. The largest absolute Gasteiger partial charge is 0.457 e. The minimum atomic E-state index is 0.617. The highest BCUT2D eigenvalue weighted by atomic mass is 16.5. The topological polar surface area (TPSA) is 88.5 Å². The third-order valence-corrected chi connectivity index (χ3v) is 4.34. The van der Waals surface area contributed by atoms with Crippen LogP contribution >= 0.6 is 0 Å². The molecule has 1 aromatic carbocycles. The molecule has 3 aromatic rings. The van der Waals surface area contributed by atoms with Crippen molar-refractivity contribution in [2.75, 3.05) is 5.32 Å². The van der Waals surface area contributed by atoms with Crippen LogP contribution in [-0.4, -0.2) is 32.5 Å². The van der Waals surface area contributed by atoms with E-state index in [1.165, 1.54) is 12.7 Å². The maximum Gasteiger partial charge on any atom is 0.160 e. The number of hydrogen-bond acceptors (Lipinski definition) is 7. The van der Waals surface area contributed by atoms with Gasteiger partial charge in [0.15, 0.2) is 11.5 Å². The number of anilines is 1. The second-order valence-electron chi connectivity index (χ2n) is 6.72. The third-order valence-electron chi connectivity index (χ3n) is 4.34. The van der Waals surface area contributed by atoms with E-state index < -0.39 is 0 Å². The highest BCUT2D eigenvalue weighted by Gasteiger charge is 2.17. The molecule has 8 nitrogen and oxygen atoms in total. The van der Waals surface area contributed by atoms with Gasteiger partial charge in [-0.05, 0) is 50.6 Å². The Kier molecular flexibility index (Phi) is 5.21. The van der Waals surface area contributed by atoms with Crippen LogP contribution in [0.3, 0.4) is 0 Å². The number of pyridine rings is 1. The Bertz CT molecular complexity index is 1250. The molecule has 30 heavy (non-hydrogen) atoms. The Morgan fingerprint density at radius 2 is 2.13 bits per heavy atom. The van der Waals surface area contributed by atoms with E-state index in [9.17, 15) is 0 Å². The summed E-state index contributed by atoms with van der Waals surface area (Å²) in [5.74, 6) is 2.06. The van der Waals surface area contributed by atoms with E-state index in [2.05, 4.69) is 37.0 Å². The van der Waals surface area contributed by atoms with Gasteiger partial charge in [-0.15, -0.1) is 0 Å². The monoisotopic (exact) mass is 399 g/mol. The van der Waals surface area contributed by atoms with E-state index in [1.807, 2.05) is 63.4 Å². The lowest BCUT2D eigenvalue weighted by Gasteiger charge is -2.16. The van der Waals surface area contributed by atoms with Gasteiger partial charge in [0, 0.05) is 23.6 Å². The van der Waals surface area contributed by atoms with Gasteiger partial charge < -0.3 is 10.1 Å². The Hall–Kier alpha value is -4.07. The summed E-state index contributed by atoms with van der Waals surface area (Å²) < 4.78 is 7.72. The average molecular weight is 399 g/mol. The van der Waals surface area contributed by atoms with Crippen LogP contribution in [0.15, 0.2) is 81.9 Å². The number of allylic oxidation sites excluding steroid dienone is 2. The molecule has 0 amide bonds. The number of nitrogens with one attached hydrogen (secondary N) is 1. The van der Waals surface area contributed by atoms with Crippen LogP contribution < -0.4 is 10.1 Å². The summed E-state index contributed by atoms with van der Waals surface area (Å²) in [6.07, 6.45) is 6.73.